The van der Waals surface area contributed by atoms with Gasteiger partial charge in [0, 0.05) is 68.4 Å². The highest BCUT2D eigenvalue weighted by Gasteiger charge is 2.57. The number of hydrogen-bond acceptors (Lipinski definition) is 8. The Balaban J connectivity index is 1.28. The monoisotopic (exact) mass is 753 g/mol. The summed E-state index contributed by atoms with van der Waals surface area (Å²) in [7, 11) is 5.49. The second-order valence-electron chi connectivity index (χ2n) is 16.6. The Morgan fingerprint density at radius 3 is 2.42 bits per heavy atom. The summed E-state index contributed by atoms with van der Waals surface area (Å²) in [5, 5.41) is 22.1. The van der Waals surface area contributed by atoms with Gasteiger partial charge in [0.15, 0.2) is 0 Å². The van der Waals surface area contributed by atoms with E-state index in [0.717, 1.165) is 40.8 Å². The van der Waals surface area contributed by atoms with Crippen molar-refractivity contribution in [3.63, 3.8) is 0 Å². The molecule has 3 aromatic carbocycles. The van der Waals surface area contributed by atoms with Crippen LogP contribution in [0.25, 0.3) is 11.1 Å². The first-order valence-corrected chi connectivity index (χ1v) is 19.7. The van der Waals surface area contributed by atoms with Crippen molar-refractivity contribution in [2.75, 3.05) is 39.2 Å². The van der Waals surface area contributed by atoms with E-state index >= 15 is 0 Å². The standard InChI is InChI=1S/C44H59N5O6/c1-26-36-22-33(44(36,4)5)23-37(26)47-43(53)40-39(27(2)50)38(24-46-28(3)51)55-49(40)25-30-15-12-16-35(41(30)54-8)31-19-32(21-34(20-31)48(6)7)42(52)45-18-17-29-13-10-9-11-14-29/h9-16,19-21,26-27,33,36-40,50H,17-18,22-25H2,1-8H3,(H,45,52)(H,46,51)(H,47,53)/t26-,27-,33-,36+,37-,38-,39+,40-/m0/s1. The SMILES string of the molecule is COc1c(CN2O[C@@H](CNC(C)=O)[C@@H]([C@H](C)O)[C@H]2C(=O)N[C@H]2C[C@@H]3C[C@H]([C@@H]2C)C3(C)C)cccc1-c1cc(C(=O)NCCc2ccccc2)cc(N(C)C)c1. The highest BCUT2D eigenvalue weighted by atomic mass is 16.7. The molecule has 4 aliphatic rings. The van der Waals surface area contributed by atoms with Crippen molar-refractivity contribution in [1.82, 2.24) is 21.0 Å². The number of nitrogens with one attached hydrogen (secondary N) is 3. The van der Waals surface area contributed by atoms with Crippen LogP contribution in [0.2, 0.25) is 0 Å². The lowest BCUT2D eigenvalue weighted by Crippen LogP contribution is -2.62. The van der Waals surface area contributed by atoms with Crippen LogP contribution in [0.1, 0.15) is 68.9 Å². The molecule has 55 heavy (non-hydrogen) atoms. The maximum Gasteiger partial charge on any atom is 0.251 e. The molecule has 0 spiro atoms. The molecule has 0 aromatic heterocycles. The van der Waals surface area contributed by atoms with Gasteiger partial charge in [-0.2, -0.15) is 5.06 Å². The molecular formula is C44H59N5O6. The molecule has 4 fully saturated rings. The first-order valence-electron chi connectivity index (χ1n) is 19.7. The number of aliphatic hydroxyl groups is 1. The van der Waals surface area contributed by atoms with Crippen molar-refractivity contribution in [3.05, 3.63) is 83.4 Å². The fourth-order valence-electron chi connectivity index (χ4n) is 9.32. The Labute approximate surface area is 326 Å². The van der Waals surface area contributed by atoms with Crippen LogP contribution in [0.5, 0.6) is 5.75 Å². The van der Waals surface area contributed by atoms with Crippen molar-refractivity contribution in [3.8, 4) is 16.9 Å². The van der Waals surface area contributed by atoms with Crippen molar-refractivity contribution in [1.29, 1.82) is 0 Å². The topological polar surface area (TPSA) is 132 Å². The number of rotatable bonds is 14. The molecule has 11 nitrogen and oxygen atoms in total. The van der Waals surface area contributed by atoms with Crippen molar-refractivity contribution < 1.29 is 29.1 Å². The Morgan fingerprint density at radius 2 is 1.78 bits per heavy atom. The highest BCUT2D eigenvalue weighted by Crippen LogP contribution is 2.61. The number of carbonyl (C=O) groups is 3. The summed E-state index contributed by atoms with van der Waals surface area (Å²) < 4.78 is 6.10. The van der Waals surface area contributed by atoms with Crippen molar-refractivity contribution in [2.45, 2.75) is 84.7 Å². The maximum absolute atomic E-state index is 14.4. The zero-order valence-electron chi connectivity index (χ0n) is 33.6. The lowest BCUT2D eigenvalue weighted by atomic mass is 9.45. The summed E-state index contributed by atoms with van der Waals surface area (Å²) in [6.07, 6.45) is 1.32. The van der Waals surface area contributed by atoms with Crippen LogP contribution in [-0.2, 0) is 27.4 Å². The van der Waals surface area contributed by atoms with E-state index in [1.807, 2.05) is 85.7 Å². The van der Waals surface area contributed by atoms with E-state index in [2.05, 4.69) is 36.7 Å². The molecule has 11 heteroatoms. The van der Waals surface area contributed by atoms with E-state index in [9.17, 15) is 19.5 Å². The Kier molecular flexibility index (Phi) is 12.2. The molecule has 1 saturated heterocycles. The fraction of sp³-hybridized carbons (Fsp3) is 0.523. The Bertz CT molecular complexity index is 1850. The zero-order valence-corrected chi connectivity index (χ0v) is 33.6. The van der Waals surface area contributed by atoms with Gasteiger partial charge < -0.3 is 30.7 Å². The van der Waals surface area contributed by atoms with E-state index in [4.69, 9.17) is 9.57 Å². The van der Waals surface area contributed by atoms with E-state index in [-0.39, 0.29) is 42.3 Å². The molecule has 7 rings (SSSR count). The molecule has 8 atom stereocenters. The average molecular weight is 754 g/mol. The van der Waals surface area contributed by atoms with Crippen LogP contribution in [0.3, 0.4) is 0 Å². The van der Waals surface area contributed by atoms with Gasteiger partial charge in [-0.05, 0) is 78.7 Å². The van der Waals surface area contributed by atoms with E-state index < -0.39 is 24.2 Å². The number of nitrogens with zero attached hydrogens (tertiary/aromatic N) is 2. The average Bonchev–Trinajstić information content (AvgIpc) is 3.52. The minimum absolute atomic E-state index is 0.0294. The summed E-state index contributed by atoms with van der Waals surface area (Å²) in [5.41, 5.74) is 5.15. The quantitative estimate of drug-likeness (QED) is 0.177. The molecular weight excluding hydrogens is 695 g/mol. The molecule has 3 amide bonds. The largest absolute Gasteiger partial charge is 0.496 e. The number of fused-ring (bicyclic) bond motifs is 2. The number of hydrogen-bond donors (Lipinski definition) is 4. The molecule has 0 unspecified atom stereocenters. The van der Waals surface area contributed by atoms with Crippen LogP contribution < -0.4 is 25.6 Å². The molecule has 3 aliphatic carbocycles. The molecule has 1 heterocycles. The van der Waals surface area contributed by atoms with Crippen LogP contribution in [0, 0.1) is 29.1 Å². The first-order chi connectivity index (χ1) is 26.2. The molecule has 0 radical (unpaired) electrons. The van der Waals surface area contributed by atoms with Gasteiger partial charge in [-0.3, -0.25) is 19.2 Å². The maximum atomic E-state index is 14.4. The lowest BCUT2D eigenvalue weighted by Gasteiger charge is -2.62. The smallest absolute Gasteiger partial charge is 0.251 e. The molecule has 3 aromatic rings. The number of benzene rings is 3. The van der Waals surface area contributed by atoms with Gasteiger partial charge in [-0.25, -0.2) is 0 Å². The first kappa shape index (κ1) is 40.2. The van der Waals surface area contributed by atoms with Crippen LogP contribution in [0.15, 0.2) is 66.7 Å². The van der Waals surface area contributed by atoms with Gasteiger partial charge in [0.25, 0.3) is 5.91 Å². The highest BCUT2D eigenvalue weighted by molar-refractivity contribution is 5.97. The molecule has 3 saturated carbocycles. The zero-order chi connectivity index (χ0) is 39.6. The fourth-order valence-corrected chi connectivity index (χ4v) is 9.32. The molecule has 4 N–H and O–H groups in total. The van der Waals surface area contributed by atoms with Crippen molar-refractivity contribution in [2.24, 2.45) is 29.1 Å². The predicted molar refractivity (Wildman–Crippen MR) is 214 cm³/mol. The Hall–Kier alpha value is -4.45. The number of para-hydroxylation sites is 1. The van der Waals surface area contributed by atoms with Crippen LogP contribution >= 0.6 is 0 Å². The summed E-state index contributed by atoms with van der Waals surface area (Å²) in [6, 6.07) is 20.9. The third kappa shape index (κ3) is 8.54. The molecule has 296 valence electrons. The Morgan fingerprint density at radius 1 is 1.04 bits per heavy atom. The van der Waals surface area contributed by atoms with Gasteiger partial charge in [-0.1, -0.05) is 69.3 Å². The van der Waals surface area contributed by atoms with Gasteiger partial charge in [-0.15, -0.1) is 0 Å². The summed E-state index contributed by atoms with van der Waals surface area (Å²) in [6.45, 7) is 10.8. The van der Waals surface area contributed by atoms with Gasteiger partial charge in [0.05, 0.1) is 19.8 Å². The molecule has 1 aliphatic heterocycles. The van der Waals surface area contributed by atoms with Crippen LogP contribution in [-0.4, -0.2) is 86.5 Å². The predicted octanol–water partition coefficient (Wildman–Crippen LogP) is 5.21. The second-order valence-corrected chi connectivity index (χ2v) is 16.6. The number of aliphatic hydroxyl groups excluding tert-OH is 1. The van der Waals surface area contributed by atoms with Gasteiger partial charge >= 0.3 is 0 Å². The minimum atomic E-state index is -0.894. The normalized spacial score (nSPS) is 26.0. The van der Waals surface area contributed by atoms with Crippen LogP contribution in [0.4, 0.5) is 5.69 Å². The van der Waals surface area contributed by atoms with Crippen molar-refractivity contribution >= 4 is 23.4 Å². The number of hydroxylamine groups is 2. The third-order valence-electron chi connectivity index (χ3n) is 12.6. The van der Waals surface area contributed by atoms with E-state index in [0.29, 0.717) is 35.6 Å². The van der Waals surface area contributed by atoms with E-state index in [1.165, 1.54) is 13.3 Å². The summed E-state index contributed by atoms with van der Waals surface area (Å²) in [5.74, 6) is 0.834. The summed E-state index contributed by atoms with van der Waals surface area (Å²) >= 11 is 0. The summed E-state index contributed by atoms with van der Waals surface area (Å²) in [4.78, 5) is 48.4. The van der Waals surface area contributed by atoms with Gasteiger partial charge in [0.1, 0.15) is 17.9 Å². The number of amides is 3. The number of ether oxygens (including phenoxy) is 1. The molecule has 2 bridgehead atoms. The van der Waals surface area contributed by atoms with Gasteiger partial charge in [0.2, 0.25) is 11.8 Å². The third-order valence-corrected chi connectivity index (χ3v) is 12.6. The lowest BCUT2D eigenvalue weighted by molar-refractivity contribution is -0.177. The second kappa shape index (κ2) is 16.7. The van der Waals surface area contributed by atoms with E-state index in [1.54, 1.807) is 19.1 Å². The number of anilines is 1. The minimum Gasteiger partial charge on any atom is -0.496 e. The number of methoxy groups -OCH3 is 1. The number of carbonyl (C=O) groups excluding carboxylic acids is 3.